The van der Waals surface area contributed by atoms with Crippen molar-refractivity contribution in [3.63, 3.8) is 0 Å². The average molecular weight is 239 g/mol. The molecule has 0 N–H and O–H groups in total. The lowest BCUT2D eigenvalue weighted by molar-refractivity contribution is 0.370. The summed E-state index contributed by atoms with van der Waals surface area (Å²) in [5, 5.41) is 0. The average Bonchev–Trinajstić information content (AvgIpc) is 2.39. The summed E-state index contributed by atoms with van der Waals surface area (Å²) >= 11 is 0. The summed E-state index contributed by atoms with van der Waals surface area (Å²) in [6.07, 6.45) is 0. The third-order valence-electron chi connectivity index (χ3n) is 3.65. The zero-order chi connectivity index (χ0) is 12.6. The quantitative estimate of drug-likeness (QED) is 0.691. The molecule has 0 amide bonds. The summed E-state index contributed by atoms with van der Waals surface area (Å²) in [5.41, 5.74) is 4.17. The van der Waals surface area contributed by atoms with Gasteiger partial charge in [-0.3, -0.25) is 4.48 Å². The van der Waals surface area contributed by atoms with Gasteiger partial charge in [0.2, 0.25) is 0 Å². The molecule has 0 saturated heterocycles. The SMILES string of the molecule is C[N+]1(C)CN(c2ccccc2)Cc2ccccc21. The van der Waals surface area contributed by atoms with Gasteiger partial charge in [-0.1, -0.05) is 36.4 Å². The molecule has 2 aromatic carbocycles. The third kappa shape index (κ3) is 1.89. The Morgan fingerprint density at radius 3 is 2.33 bits per heavy atom. The highest BCUT2D eigenvalue weighted by Crippen LogP contribution is 2.32. The molecule has 0 saturated carbocycles. The molecule has 2 aromatic rings. The molecule has 0 spiro atoms. The highest BCUT2D eigenvalue weighted by Gasteiger charge is 2.31. The Hall–Kier alpha value is -1.80. The summed E-state index contributed by atoms with van der Waals surface area (Å²) in [6.45, 7) is 2.02. The minimum absolute atomic E-state index is 0.908. The Morgan fingerprint density at radius 2 is 1.56 bits per heavy atom. The van der Waals surface area contributed by atoms with E-state index in [0.29, 0.717) is 0 Å². The van der Waals surface area contributed by atoms with E-state index in [0.717, 1.165) is 17.7 Å². The molecule has 0 fully saturated rings. The van der Waals surface area contributed by atoms with Crippen LogP contribution >= 0.6 is 0 Å². The summed E-state index contributed by atoms with van der Waals surface area (Å²) < 4.78 is 0.908. The lowest BCUT2D eigenvalue weighted by atomic mass is 10.1. The normalized spacial score (nSPS) is 17.3. The maximum atomic E-state index is 2.45. The van der Waals surface area contributed by atoms with Crippen molar-refractivity contribution >= 4 is 11.4 Å². The van der Waals surface area contributed by atoms with Gasteiger partial charge in [-0.05, 0) is 18.2 Å². The van der Waals surface area contributed by atoms with E-state index in [1.165, 1.54) is 16.9 Å². The number of quaternary nitrogens is 1. The minimum atomic E-state index is 0.908. The smallest absolute Gasteiger partial charge is 0.159 e. The van der Waals surface area contributed by atoms with E-state index >= 15 is 0 Å². The summed E-state index contributed by atoms with van der Waals surface area (Å²) in [6, 6.07) is 19.4. The van der Waals surface area contributed by atoms with Crippen LogP contribution in [-0.2, 0) is 6.54 Å². The molecular weight excluding hydrogens is 220 g/mol. The maximum Gasteiger partial charge on any atom is 0.159 e. The predicted molar refractivity (Wildman–Crippen MR) is 77.6 cm³/mol. The van der Waals surface area contributed by atoms with Crippen molar-refractivity contribution in [2.45, 2.75) is 6.54 Å². The molecule has 92 valence electrons. The van der Waals surface area contributed by atoms with Gasteiger partial charge in [0.05, 0.1) is 20.6 Å². The second kappa shape index (κ2) is 4.14. The van der Waals surface area contributed by atoms with Gasteiger partial charge in [-0.25, -0.2) is 0 Å². The number of anilines is 1. The van der Waals surface area contributed by atoms with Gasteiger partial charge in [-0.2, -0.15) is 0 Å². The zero-order valence-corrected chi connectivity index (χ0v) is 11.0. The number of fused-ring (bicyclic) bond motifs is 1. The molecule has 2 heteroatoms. The van der Waals surface area contributed by atoms with Gasteiger partial charge in [0.1, 0.15) is 5.69 Å². The van der Waals surface area contributed by atoms with E-state index < -0.39 is 0 Å². The maximum absolute atomic E-state index is 2.45. The Bertz CT molecular complexity index is 546. The van der Waals surface area contributed by atoms with E-state index in [1.54, 1.807) is 0 Å². The first-order valence-electron chi connectivity index (χ1n) is 6.38. The zero-order valence-electron chi connectivity index (χ0n) is 11.0. The first-order chi connectivity index (χ1) is 8.67. The van der Waals surface area contributed by atoms with Crippen LogP contribution in [0.2, 0.25) is 0 Å². The number of para-hydroxylation sites is 2. The third-order valence-corrected chi connectivity index (χ3v) is 3.65. The fourth-order valence-corrected chi connectivity index (χ4v) is 2.81. The van der Waals surface area contributed by atoms with Gasteiger partial charge >= 0.3 is 0 Å². The van der Waals surface area contributed by atoms with E-state index in [9.17, 15) is 0 Å². The number of hydrogen-bond donors (Lipinski definition) is 0. The van der Waals surface area contributed by atoms with Gasteiger partial charge in [0.15, 0.2) is 6.67 Å². The molecular formula is C16H19N2+. The van der Waals surface area contributed by atoms with E-state index in [4.69, 9.17) is 0 Å². The minimum Gasteiger partial charge on any atom is -0.320 e. The molecule has 2 nitrogen and oxygen atoms in total. The lowest BCUT2D eigenvalue weighted by Crippen LogP contribution is -2.53. The summed E-state index contributed by atoms with van der Waals surface area (Å²) in [5.74, 6) is 0. The molecule has 18 heavy (non-hydrogen) atoms. The first-order valence-corrected chi connectivity index (χ1v) is 6.38. The topological polar surface area (TPSA) is 3.24 Å². The number of nitrogens with zero attached hydrogens (tertiary/aromatic N) is 2. The molecule has 1 aliphatic rings. The van der Waals surface area contributed by atoms with E-state index in [1.807, 2.05) is 0 Å². The van der Waals surface area contributed by atoms with Gasteiger partial charge in [-0.15, -0.1) is 0 Å². The van der Waals surface area contributed by atoms with E-state index in [2.05, 4.69) is 73.6 Å². The van der Waals surface area contributed by atoms with Gasteiger partial charge in [0, 0.05) is 11.3 Å². The van der Waals surface area contributed by atoms with Crippen molar-refractivity contribution in [3.8, 4) is 0 Å². The molecule has 0 aromatic heterocycles. The summed E-state index contributed by atoms with van der Waals surface area (Å²) in [7, 11) is 4.54. The van der Waals surface area contributed by atoms with E-state index in [-0.39, 0.29) is 0 Å². The van der Waals surface area contributed by atoms with Crippen LogP contribution in [0.4, 0.5) is 11.4 Å². The molecule has 0 aliphatic carbocycles. The van der Waals surface area contributed by atoms with Crippen LogP contribution in [-0.4, -0.2) is 20.8 Å². The van der Waals surface area contributed by atoms with Crippen LogP contribution in [0.25, 0.3) is 0 Å². The molecule has 3 rings (SSSR count). The second-order valence-corrected chi connectivity index (χ2v) is 5.49. The van der Waals surface area contributed by atoms with Crippen LogP contribution in [0.15, 0.2) is 54.6 Å². The van der Waals surface area contributed by atoms with Crippen molar-refractivity contribution in [3.05, 3.63) is 60.2 Å². The molecule has 1 aliphatic heterocycles. The van der Waals surface area contributed by atoms with Crippen molar-refractivity contribution in [1.82, 2.24) is 4.48 Å². The largest absolute Gasteiger partial charge is 0.320 e. The Kier molecular flexibility index (Phi) is 2.60. The van der Waals surface area contributed by atoms with Crippen molar-refractivity contribution < 1.29 is 0 Å². The van der Waals surface area contributed by atoms with Crippen molar-refractivity contribution in [1.29, 1.82) is 0 Å². The van der Waals surface area contributed by atoms with Crippen LogP contribution in [0, 0.1) is 0 Å². The fraction of sp³-hybridized carbons (Fsp3) is 0.250. The number of rotatable bonds is 1. The van der Waals surface area contributed by atoms with Crippen molar-refractivity contribution in [2.24, 2.45) is 0 Å². The molecule has 0 unspecified atom stereocenters. The molecule has 0 atom stereocenters. The molecule has 1 heterocycles. The fourth-order valence-electron chi connectivity index (χ4n) is 2.81. The summed E-state index contributed by atoms with van der Waals surface area (Å²) in [4.78, 5) is 2.45. The monoisotopic (exact) mass is 239 g/mol. The Labute approximate surface area is 109 Å². The van der Waals surface area contributed by atoms with Crippen LogP contribution in [0.5, 0.6) is 0 Å². The second-order valence-electron chi connectivity index (χ2n) is 5.49. The predicted octanol–water partition coefficient (Wildman–Crippen LogP) is 3.23. The standard InChI is InChI=1S/C16H19N2/c1-18(2)13-17(15-9-4-3-5-10-15)12-14-8-6-7-11-16(14)18/h3-11H,12-13H2,1-2H3/q+1. The Balaban J connectivity index is 2.01. The molecule has 0 radical (unpaired) electrons. The van der Waals surface area contributed by atoms with Crippen LogP contribution in [0.1, 0.15) is 5.56 Å². The highest BCUT2D eigenvalue weighted by atomic mass is 15.4. The van der Waals surface area contributed by atoms with Gasteiger partial charge < -0.3 is 4.90 Å². The Morgan fingerprint density at radius 1 is 0.889 bits per heavy atom. The number of hydrogen-bond acceptors (Lipinski definition) is 1. The molecule has 0 bridgehead atoms. The van der Waals surface area contributed by atoms with Crippen molar-refractivity contribution in [2.75, 3.05) is 25.7 Å². The number of benzene rings is 2. The van der Waals surface area contributed by atoms with Crippen LogP contribution < -0.4 is 9.38 Å². The lowest BCUT2D eigenvalue weighted by Gasteiger charge is -2.41. The van der Waals surface area contributed by atoms with Gasteiger partial charge in [0.25, 0.3) is 0 Å². The first kappa shape index (κ1) is 11.3. The van der Waals surface area contributed by atoms with Crippen LogP contribution in [0.3, 0.4) is 0 Å². The highest BCUT2D eigenvalue weighted by molar-refractivity contribution is 5.57.